The van der Waals surface area contributed by atoms with Gasteiger partial charge in [-0.1, -0.05) is 20.8 Å². The number of piperidine rings is 1. The number of ether oxygens (including phenoxy) is 2. The van der Waals surface area contributed by atoms with Gasteiger partial charge in [-0.15, -0.1) is 0 Å². The molecule has 0 aliphatic carbocycles. The maximum absolute atomic E-state index is 13.6. The summed E-state index contributed by atoms with van der Waals surface area (Å²) < 4.78 is 10.6. The second-order valence-electron chi connectivity index (χ2n) is 8.50. The number of likely N-dealkylation sites (tertiary alicyclic amines) is 1. The molecule has 10 heteroatoms. The Labute approximate surface area is 175 Å². The standard InChI is InChI=1S/C20H30N4O6/c1-11-7-8-14(30-19(21)26)17(20(2,3)4)23(11)18(25)12-9-13(24(27)28)16(22-5)15(10-12)29-6/h9-11,14,17,22H,7-8H2,1-6H3,(H2,21,26)/t11-,14+,17?/m0/s1. The highest BCUT2D eigenvalue weighted by Gasteiger charge is 2.46. The minimum atomic E-state index is -0.896. The molecule has 3 N–H and O–H groups in total. The van der Waals surface area contributed by atoms with Crippen LogP contribution < -0.4 is 15.8 Å². The van der Waals surface area contributed by atoms with E-state index in [0.29, 0.717) is 12.8 Å². The zero-order chi connectivity index (χ0) is 22.8. The molecule has 1 saturated heterocycles. The van der Waals surface area contributed by atoms with Crippen LogP contribution in [0.1, 0.15) is 50.9 Å². The molecule has 1 unspecified atom stereocenters. The van der Waals surface area contributed by atoms with E-state index in [9.17, 15) is 19.7 Å². The molecule has 166 valence electrons. The van der Waals surface area contributed by atoms with Crippen molar-refractivity contribution in [1.29, 1.82) is 0 Å². The van der Waals surface area contributed by atoms with Crippen molar-refractivity contribution in [3.8, 4) is 5.75 Å². The highest BCUT2D eigenvalue weighted by Crippen LogP contribution is 2.40. The minimum Gasteiger partial charge on any atom is -0.494 e. The Bertz CT molecular complexity index is 835. The summed E-state index contributed by atoms with van der Waals surface area (Å²) in [7, 11) is 2.92. The largest absolute Gasteiger partial charge is 0.494 e. The average Bonchev–Trinajstić information content (AvgIpc) is 2.65. The third-order valence-electron chi connectivity index (χ3n) is 5.38. The minimum absolute atomic E-state index is 0.123. The average molecular weight is 422 g/mol. The number of nitro groups is 1. The lowest BCUT2D eigenvalue weighted by Gasteiger charge is -2.50. The fourth-order valence-electron chi connectivity index (χ4n) is 4.16. The van der Waals surface area contributed by atoms with Crippen molar-refractivity contribution in [2.45, 2.75) is 58.7 Å². The lowest BCUT2D eigenvalue weighted by molar-refractivity contribution is -0.384. The van der Waals surface area contributed by atoms with Crippen LogP contribution in [0.4, 0.5) is 16.2 Å². The van der Waals surface area contributed by atoms with Crippen molar-refractivity contribution < 1.29 is 24.0 Å². The molecular weight excluding hydrogens is 392 g/mol. The predicted octanol–water partition coefficient (Wildman–Crippen LogP) is 3.15. The molecule has 1 fully saturated rings. The number of hydrogen-bond acceptors (Lipinski definition) is 7. The number of nitrogens with zero attached hydrogens (tertiary/aromatic N) is 2. The molecule has 1 aliphatic heterocycles. The second-order valence-corrected chi connectivity index (χ2v) is 8.50. The Morgan fingerprint density at radius 1 is 1.30 bits per heavy atom. The van der Waals surface area contributed by atoms with Crippen LogP contribution in [0.25, 0.3) is 0 Å². The number of nitro benzene ring substituents is 1. The smallest absolute Gasteiger partial charge is 0.404 e. The van der Waals surface area contributed by atoms with Crippen LogP contribution >= 0.6 is 0 Å². The first-order chi connectivity index (χ1) is 13.9. The molecule has 1 aromatic carbocycles. The van der Waals surface area contributed by atoms with Crippen molar-refractivity contribution in [2.75, 3.05) is 19.5 Å². The molecule has 1 aliphatic rings. The van der Waals surface area contributed by atoms with Crippen molar-refractivity contribution in [1.82, 2.24) is 4.90 Å². The summed E-state index contributed by atoms with van der Waals surface area (Å²) in [6, 6.07) is 2.09. The molecule has 0 aromatic heterocycles. The molecule has 0 radical (unpaired) electrons. The molecule has 2 rings (SSSR count). The SMILES string of the molecule is CNc1c(OC)cc(C(=O)N2C(C(C)(C)C)[C@H](OC(N)=O)CC[C@@H]2C)cc1[N+](=O)[O-]. The van der Waals surface area contributed by atoms with E-state index >= 15 is 0 Å². The highest BCUT2D eigenvalue weighted by molar-refractivity contribution is 5.97. The summed E-state index contributed by atoms with van der Waals surface area (Å²) in [5.41, 5.74) is 4.87. The number of anilines is 1. The Kier molecular flexibility index (Phi) is 6.79. The lowest BCUT2D eigenvalue weighted by Crippen LogP contribution is -2.61. The van der Waals surface area contributed by atoms with E-state index in [2.05, 4.69) is 5.32 Å². The number of nitrogens with two attached hydrogens (primary N) is 1. The van der Waals surface area contributed by atoms with E-state index in [0.717, 1.165) is 0 Å². The number of methoxy groups -OCH3 is 1. The summed E-state index contributed by atoms with van der Waals surface area (Å²) >= 11 is 0. The number of hydrogen-bond donors (Lipinski definition) is 2. The number of primary amides is 1. The zero-order valence-electron chi connectivity index (χ0n) is 18.2. The van der Waals surface area contributed by atoms with Crippen molar-refractivity contribution in [2.24, 2.45) is 11.1 Å². The quantitative estimate of drug-likeness (QED) is 0.549. The fourth-order valence-corrected chi connectivity index (χ4v) is 4.16. The topological polar surface area (TPSA) is 137 Å². The van der Waals surface area contributed by atoms with Gasteiger partial charge in [0.1, 0.15) is 11.9 Å². The molecular formula is C20H30N4O6. The first-order valence-electron chi connectivity index (χ1n) is 9.75. The monoisotopic (exact) mass is 422 g/mol. The molecule has 10 nitrogen and oxygen atoms in total. The molecule has 1 aromatic rings. The summed E-state index contributed by atoms with van der Waals surface area (Å²) in [6.45, 7) is 7.74. The third kappa shape index (κ3) is 4.58. The first-order valence-corrected chi connectivity index (χ1v) is 9.75. The molecule has 3 atom stereocenters. The Balaban J connectivity index is 2.59. The van der Waals surface area contributed by atoms with E-state index in [4.69, 9.17) is 15.2 Å². The summed E-state index contributed by atoms with van der Waals surface area (Å²) in [4.78, 5) is 37.7. The lowest BCUT2D eigenvalue weighted by atomic mass is 9.77. The van der Waals surface area contributed by atoms with Crippen molar-refractivity contribution in [3.05, 3.63) is 27.8 Å². The summed E-state index contributed by atoms with van der Waals surface area (Å²) in [6.07, 6.45) is -0.301. The Hall–Kier alpha value is -3.04. The number of rotatable bonds is 5. The Morgan fingerprint density at radius 3 is 2.40 bits per heavy atom. The van der Waals surface area contributed by atoms with Gasteiger partial charge in [0.15, 0.2) is 5.69 Å². The molecule has 0 spiro atoms. The van der Waals surface area contributed by atoms with Crippen LogP contribution in [0.15, 0.2) is 12.1 Å². The number of nitrogens with one attached hydrogen (secondary N) is 1. The second kappa shape index (κ2) is 8.76. The first kappa shape index (κ1) is 23.2. The van der Waals surface area contributed by atoms with E-state index < -0.39 is 34.5 Å². The van der Waals surface area contributed by atoms with Gasteiger partial charge < -0.3 is 25.4 Å². The van der Waals surface area contributed by atoms with Gasteiger partial charge in [-0.05, 0) is 31.2 Å². The maximum Gasteiger partial charge on any atom is 0.404 e. The molecule has 1 heterocycles. The van der Waals surface area contributed by atoms with Crippen LogP contribution in [0.5, 0.6) is 5.75 Å². The molecule has 0 bridgehead atoms. The molecule has 2 amide bonds. The number of amides is 2. The normalized spacial score (nSPS) is 21.7. The zero-order valence-corrected chi connectivity index (χ0v) is 18.2. The summed E-state index contributed by atoms with van der Waals surface area (Å²) in [5, 5.41) is 14.3. The van der Waals surface area contributed by atoms with E-state index in [-0.39, 0.29) is 28.7 Å². The van der Waals surface area contributed by atoms with Gasteiger partial charge in [-0.2, -0.15) is 0 Å². The van der Waals surface area contributed by atoms with Gasteiger partial charge in [0, 0.05) is 19.2 Å². The van der Waals surface area contributed by atoms with Gasteiger partial charge in [-0.25, -0.2) is 4.79 Å². The van der Waals surface area contributed by atoms with Gasteiger partial charge in [-0.3, -0.25) is 14.9 Å². The van der Waals surface area contributed by atoms with Gasteiger partial charge >= 0.3 is 6.09 Å². The fraction of sp³-hybridized carbons (Fsp3) is 0.600. The maximum atomic E-state index is 13.6. The van der Waals surface area contributed by atoms with Crippen LogP contribution in [0.3, 0.4) is 0 Å². The number of carbonyl (C=O) groups is 2. The Morgan fingerprint density at radius 2 is 1.93 bits per heavy atom. The van der Waals surface area contributed by atoms with Crippen LogP contribution in [-0.2, 0) is 4.74 Å². The van der Waals surface area contributed by atoms with Crippen molar-refractivity contribution >= 4 is 23.4 Å². The van der Waals surface area contributed by atoms with E-state index in [1.807, 2.05) is 27.7 Å². The van der Waals surface area contributed by atoms with Crippen molar-refractivity contribution in [3.63, 3.8) is 0 Å². The van der Waals surface area contributed by atoms with Gasteiger partial charge in [0.25, 0.3) is 11.6 Å². The van der Waals surface area contributed by atoms with Gasteiger partial charge in [0.2, 0.25) is 0 Å². The van der Waals surface area contributed by atoms with Crippen LogP contribution in [0, 0.1) is 15.5 Å². The number of benzene rings is 1. The summed E-state index contributed by atoms with van der Waals surface area (Å²) in [5.74, 6) is -0.207. The van der Waals surface area contributed by atoms with E-state index in [1.54, 1.807) is 11.9 Å². The van der Waals surface area contributed by atoms with Crippen LogP contribution in [0.2, 0.25) is 0 Å². The number of carbonyl (C=O) groups excluding carboxylic acids is 2. The van der Waals surface area contributed by atoms with E-state index in [1.165, 1.54) is 19.2 Å². The van der Waals surface area contributed by atoms with Crippen LogP contribution in [-0.4, -0.2) is 54.2 Å². The highest BCUT2D eigenvalue weighted by atomic mass is 16.6. The molecule has 30 heavy (non-hydrogen) atoms. The third-order valence-corrected chi connectivity index (χ3v) is 5.38. The molecule has 0 saturated carbocycles. The predicted molar refractivity (Wildman–Crippen MR) is 112 cm³/mol. The van der Waals surface area contributed by atoms with Gasteiger partial charge in [0.05, 0.1) is 23.6 Å².